The van der Waals surface area contributed by atoms with E-state index in [4.69, 9.17) is 0 Å². The highest BCUT2D eigenvalue weighted by atomic mass is 16.6. The van der Waals surface area contributed by atoms with Crippen LogP contribution in [0, 0.1) is 17.0 Å². The first-order valence-electron chi connectivity index (χ1n) is 8.67. The molecule has 0 aliphatic carbocycles. The lowest BCUT2D eigenvalue weighted by Gasteiger charge is -2.35. The minimum absolute atomic E-state index is 0.123. The predicted molar refractivity (Wildman–Crippen MR) is 102 cm³/mol. The van der Waals surface area contributed by atoms with Crippen LogP contribution in [0.15, 0.2) is 30.3 Å². The lowest BCUT2D eigenvalue weighted by Crippen LogP contribution is -2.49. The first-order chi connectivity index (χ1) is 12.9. The first kappa shape index (κ1) is 18.6. The van der Waals surface area contributed by atoms with Crippen LogP contribution in [0.5, 0.6) is 0 Å². The number of hydrogen-bond donors (Lipinski definition) is 0. The molecule has 0 radical (unpaired) electrons. The lowest BCUT2D eigenvalue weighted by atomic mass is 10.1. The molecule has 0 atom stereocenters. The predicted octanol–water partition coefficient (Wildman–Crippen LogP) is 1.72. The number of carbonyl (C=O) groups is 1. The van der Waals surface area contributed by atoms with Gasteiger partial charge in [-0.25, -0.2) is 4.98 Å². The molecule has 2 aromatic rings. The third-order valence-electron chi connectivity index (χ3n) is 4.47. The number of rotatable bonds is 4. The first-order valence-corrected chi connectivity index (χ1v) is 8.67. The average Bonchev–Trinajstić information content (AvgIpc) is 2.67. The molecule has 1 fully saturated rings. The van der Waals surface area contributed by atoms with Crippen molar-refractivity contribution in [2.45, 2.75) is 6.92 Å². The number of nitro groups is 1. The minimum atomic E-state index is -0.521. The minimum Gasteiger partial charge on any atom is -0.363 e. The molecule has 0 spiro atoms. The third-order valence-corrected chi connectivity index (χ3v) is 4.47. The van der Waals surface area contributed by atoms with Gasteiger partial charge < -0.3 is 14.7 Å². The maximum atomic E-state index is 12.7. The number of hydrogen-bond acceptors (Lipinski definition) is 7. The number of amides is 1. The Labute approximate surface area is 157 Å². The molecular formula is C18H22N6O3. The fraction of sp³-hybridized carbons (Fsp3) is 0.389. The molecule has 0 bridgehead atoms. The van der Waals surface area contributed by atoms with Crippen molar-refractivity contribution in [3.05, 3.63) is 51.7 Å². The fourth-order valence-electron chi connectivity index (χ4n) is 3.00. The Bertz CT molecular complexity index is 862. The van der Waals surface area contributed by atoms with Gasteiger partial charge in [0, 0.05) is 58.1 Å². The van der Waals surface area contributed by atoms with Gasteiger partial charge in [0.15, 0.2) is 0 Å². The molecule has 1 aromatic heterocycles. The monoisotopic (exact) mass is 370 g/mol. The average molecular weight is 370 g/mol. The molecule has 1 amide bonds. The number of nitro benzene ring substituents is 1. The number of carbonyl (C=O) groups excluding carboxylic acids is 1. The van der Waals surface area contributed by atoms with Crippen LogP contribution in [0.1, 0.15) is 16.1 Å². The second kappa shape index (κ2) is 7.56. The van der Waals surface area contributed by atoms with Crippen LogP contribution in [0.2, 0.25) is 0 Å². The molecule has 0 N–H and O–H groups in total. The molecule has 0 saturated carbocycles. The topological polar surface area (TPSA) is 95.7 Å². The summed E-state index contributed by atoms with van der Waals surface area (Å²) in [6, 6.07) is 7.97. The molecule has 1 aliphatic rings. The lowest BCUT2D eigenvalue weighted by molar-refractivity contribution is -0.385. The summed E-state index contributed by atoms with van der Waals surface area (Å²) >= 11 is 0. The van der Waals surface area contributed by atoms with Gasteiger partial charge in [0.2, 0.25) is 5.95 Å². The van der Waals surface area contributed by atoms with Crippen LogP contribution < -0.4 is 9.80 Å². The highest BCUT2D eigenvalue weighted by Gasteiger charge is 2.28. The van der Waals surface area contributed by atoms with Gasteiger partial charge in [-0.3, -0.25) is 14.9 Å². The van der Waals surface area contributed by atoms with E-state index in [1.807, 2.05) is 36.9 Å². The second-order valence-corrected chi connectivity index (χ2v) is 6.62. The summed E-state index contributed by atoms with van der Waals surface area (Å²) in [5.74, 6) is 1.15. The molecule has 1 saturated heterocycles. The van der Waals surface area contributed by atoms with Crippen LogP contribution in [0.4, 0.5) is 17.5 Å². The zero-order valence-electron chi connectivity index (χ0n) is 15.6. The normalized spacial score (nSPS) is 14.2. The Balaban J connectivity index is 1.73. The van der Waals surface area contributed by atoms with Gasteiger partial charge in [0.1, 0.15) is 11.4 Å². The maximum absolute atomic E-state index is 12.7. The third kappa shape index (κ3) is 3.97. The molecule has 9 nitrogen and oxygen atoms in total. The summed E-state index contributed by atoms with van der Waals surface area (Å²) in [7, 11) is 3.85. The summed E-state index contributed by atoms with van der Waals surface area (Å²) in [6.07, 6.45) is 0. The van der Waals surface area contributed by atoms with E-state index in [1.54, 1.807) is 17.0 Å². The largest absolute Gasteiger partial charge is 0.363 e. The summed E-state index contributed by atoms with van der Waals surface area (Å²) < 4.78 is 0. The SMILES string of the molecule is Cc1cc(N(C)C)nc(N2CCN(C(=O)c3ccccc3[N+](=O)[O-])CC2)n1. The van der Waals surface area contributed by atoms with Gasteiger partial charge >= 0.3 is 0 Å². The van der Waals surface area contributed by atoms with Crippen molar-refractivity contribution in [2.75, 3.05) is 50.1 Å². The van der Waals surface area contributed by atoms with Gasteiger partial charge in [0.05, 0.1) is 4.92 Å². The standard InChI is InChI=1S/C18H22N6O3/c1-13-12-16(21(2)3)20-18(19-13)23-10-8-22(9-11-23)17(25)14-6-4-5-7-15(14)24(26)27/h4-7,12H,8-11H2,1-3H3. The molecule has 0 unspecified atom stereocenters. The van der Waals surface area contributed by atoms with Gasteiger partial charge in [-0.05, 0) is 13.0 Å². The summed E-state index contributed by atoms with van der Waals surface area (Å²) in [4.78, 5) is 38.0. The number of aromatic nitrogens is 2. The van der Waals surface area contributed by atoms with E-state index in [0.717, 1.165) is 11.5 Å². The summed E-state index contributed by atoms with van der Waals surface area (Å²) in [6.45, 7) is 3.98. The van der Waals surface area contributed by atoms with Crippen molar-refractivity contribution in [1.29, 1.82) is 0 Å². The summed E-state index contributed by atoms with van der Waals surface area (Å²) in [5.41, 5.74) is 0.835. The van der Waals surface area contributed by atoms with Crippen LogP contribution in [0.3, 0.4) is 0 Å². The van der Waals surface area contributed by atoms with E-state index in [2.05, 4.69) is 9.97 Å². The number of benzene rings is 1. The summed E-state index contributed by atoms with van der Waals surface area (Å²) in [5, 5.41) is 11.2. The van der Waals surface area contributed by atoms with E-state index in [0.29, 0.717) is 32.1 Å². The number of piperazine rings is 1. The van der Waals surface area contributed by atoms with E-state index >= 15 is 0 Å². The van der Waals surface area contributed by atoms with Crippen molar-refractivity contribution in [3.63, 3.8) is 0 Å². The molecule has 3 rings (SSSR count). The highest BCUT2D eigenvalue weighted by Crippen LogP contribution is 2.22. The Morgan fingerprint density at radius 3 is 2.44 bits per heavy atom. The molecule has 1 aliphatic heterocycles. The van der Waals surface area contributed by atoms with Crippen molar-refractivity contribution >= 4 is 23.4 Å². The maximum Gasteiger partial charge on any atom is 0.282 e. The van der Waals surface area contributed by atoms with E-state index in [1.165, 1.54) is 12.1 Å². The van der Waals surface area contributed by atoms with Crippen LogP contribution in [0.25, 0.3) is 0 Å². The number of nitrogens with zero attached hydrogens (tertiary/aromatic N) is 6. The van der Waals surface area contributed by atoms with Crippen molar-refractivity contribution in [1.82, 2.24) is 14.9 Å². The quantitative estimate of drug-likeness (QED) is 0.597. The van der Waals surface area contributed by atoms with Gasteiger partial charge in [0.25, 0.3) is 11.6 Å². The van der Waals surface area contributed by atoms with E-state index in [9.17, 15) is 14.9 Å². The smallest absolute Gasteiger partial charge is 0.282 e. The van der Waals surface area contributed by atoms with Crippen molar-refractivity contribution in [3.8, 4) is 0 Å². The zero-order valence-corrected chi connectivity index (χ0v) is 15.6. The Morgan fingerprint density at radius 1 is 1.15 bits per heavy atom. The van der Waals surface area contributed by atoms with Crippen LogP contribution >= 0.6 is 0 Å². The molecule has 1 aromatic carbocycles. The number of aryl methyl sites for hydroxylation is 1. The fourth-order valence-corrected chi connectivity index (χ4v) is 3.00. The Morgan fingerprint density at radius 2 is 1.81 bits per heavy atom. The second-order valence-electron chi connectivity index (χ2n) is 6.62. The van der Waals surface area contributed by atoms with Crippen molar-refractivity contribution < 1.29 is 9.72 Å². The zero-order chi connectivity index (χ0) is 19.6. The van der Waals surface area contributed by atoms with Crippen LogP contribution in [-0.4, -0.2) is 66.0 Å². The molecule has 9 heteroatoms. The van der Waals surface area contributed by atoms with E-state index < -0.39 is 4.92 Å². The molecule has 2 heterocycles. The molecule has 142 valence electrons. The Kier molecular flexibility index (Phi) is 5.20. The van der Waals surface area contributed by atoms with Gasteiger partial charge in [-0.15, -0.1) is 0 Å². The molecular weight excluding hydrogens is 348 g/mol. The highest BCUT2D eigenvalue weighted by molar-refractivity contribution is 5.98. The Hall–Kier alpha value is -3.23. The number of para-hydroxylation sites is 1. The van der Waals surface area contributed by atoms with Crippen LogP contribution in [-0.2, 0) is 0 Å². The van der Waals surface area contributed by atoms with E-state index in [-0.39, 0.29) is 17.2 Å². The van der Waals surface area contributed by atoms with Gasteiger partial charge in [-0.2, -0.15) is 4.98 Å². The molecule has 27 heavy (non-hydrogen) atoms. The van der Waals surface area contributed by atoms with Gasteiger partial charge in [-0.1, -0.05) is 12.1 Å². The van der Waals surface area contributed by atoms with Crippen molar-refractivity contribution in [2.24, 2.45) is 0 Å². The number of anilines is 2.